The molecule has 0 spiro atoms. The highest BCUT2D eigenvalue weighted by Crippen LogP contribution is 2.21. The highest BCUT2D eigenvalue weighted by Gasteiger charge is 2.18. The van der Waals surface area contributed by atoms with Crippen LogP contribution in [0, 0.1) is 15.9 Å². The summed E-state index contributed by atoms with van der Waals surface area (Å²) in [4.78, 5) is 22.1. The Bertz CT molecular complexity index is 667. The summed E-state index contributed by atoms with van der Waals surface area (Å²) in [6.07, 6.45) is 0. The second-order valence-corrected chi connectivity index (χ2v) is 3.98. The second-order valence-electron chi connectivity index (χ2n) is 3.98. The fourth-order valence-corrected chi connectivity index (χ4v) is 1.70. The van der Waals surface area contributed by atoms with Gasteiger partial charge in [0.1, 0.15) is 11.6 Å². The molecule has 0 N–H and O–H groups in total. The average Bonchev–Trinajstić information content (AvgIpc) is 2.47. The Morgan fingerprint density at radius 1 is 1.20 bits per heavy atom. The van der Waals surface area contributed by atoms with Gasteiger partial charge in [-0.25, -0.2) is 4.39 Å². The number of methoxy groups -OCH3 is 1. The third kappa shape index (κ3) is 2.64. The van der Waals surface area contributed by atoms with Gasteiger partial charge in [0.15, 0.2) is 5.78 Å². The van der Waals surface area contributed by atoms with Gasteiger partial charge in [-0.05, 0) is 30.3 Å². The van der Waals surface area contributed by atoms with Crippen LogP contribution in [-0.2, 0) is 0 Å². The standard InChI is InChI=1S/C14H10FNO4/c1-20-11-5-2-9(3-6-11)14(17)12-8-10(16(18)19)4-7-13(12)15/h2-8H,1H3. The van der Waals surface area contributed by atoms with Gasteiger partial charge in [-0.1, -0.05) is 0 Å². The predicted octanol–water partition coefficient (Wildman–Crippen LogP) is 2.97. The van der Waals surface area contributed by atoms with E-state index in [1.54, 1.807) is 12.1 Å². The Hall–Kier alpha value is -2.76. The number of non-ortho nitro benzene ring substituents is 1. The molecule has 0 aliphatic rings. The molecule has 102 valence electrons. The number of nitro groups is 1. The zero-order valence-electron chi connectivity index (χ0n) is 10.5. The van der Waals surface area contributed by atoms with Crippen LogP contribution >= 0.6 is 0 Å². The minimum atomic E-state index is -0.795. The van der Waals surface area contributed by atoms with Crippen molar-refractivity contribution < 1.29 is 18.8 Å². The fourth-order valence-electron chi connectivity index (χ4n) is 1.70. The number of carbonyl (C=O) groups is 1. The summed E-state index contributed by atoms with van der Waals surface area (Å²) in [6, 6.07) is 8.92. The number of ether oxygens (including phenoxy) is 1. The molecule has 2 aromatic carbocycles. The molecule has 0 fully saturated rings. The van der Waals surface area contributed by atoms with E-state index < -0.39 is 16.5 Å². The molecule has 0 heterocycles. The third-order valence-corrected chi connectivity index (χ3v) is 2.76. The minimum Gasteiger partial charge on any atom is -0.497 e. The number of benzene rings is 2. The largest absolute Gasteiger partial charge is 0.497 e. The SMILES string of the molecule is COc1ccc(C(=O)c2cc([N+](=O)[O-])ccc2F)cc1. The molecule has 0 unspecified atom stereocenters. The summed E-state index contributed by atoms with van der Waals surface area (Å²) in [5, 5.41) is 10.7. The first kappa shape index (κ1) is 13.7. The zero-order chi connectivity index (χ0) is 14.7. The van der Waals surface area contributed by atoms with Crippen molar-refractivity contribution >= 4 is 11.5 Å². The van der Waals surface area contributed by atoms with E-state index in [4.69, 9.17) is 4.74 Å². The van der Waals surface area contributed by atoms with Crippen LogP contribution in [0.15, 0.2) is 42.5 Å². The van der Waals surface area contributed by atoms with Crippen LogP contribution in [0.5, 0.6) is 5.75 Å². The molecule has 0 aromatic heterocycles. The molecule has 0 amide bonds. The van der Waals surface area contributed by atoms with Crippen LogP contribution in [0.25, 0.3) is 0 Å². The molecule has 2 aromatic rings. The molecule has 6 heteroatoms. The molecule has 0 saturated heterocycles. The maximum absolute atomic E-state index is 13.6. The van der Waals surface area contributed by atoms with Crippen molar-refractivity contribution in [1.82, 2.24) is 0 Å². The van der Waals surface area contributed by atoms with Crippen molar-refractivity contribution in [1.29, 1.82) is 0 Å². The first-order valence-corrected chi connectivity index (χ1v) is 5.65. The van der Waals surface area contributed by atoms with Gasteiger partial charge in [0.25, 0.3) is 5.69 Å². The summed E-state index contributed by atoms with van der Waals surface area (Å²) in [7, 11) is 1.48. The number of nitro benzene ring substituents is 1. The van der Waals surface area contributed by atoms with E-state index in [-0.39, 0.29) is 16.8 Å². The van der Waals surface area contributed by atoms with Gasteiger partial charge in [-0.15, -0.1) is 0 Å². The van der Waals surface area contributed by atoms with Crippen LogP contribution in [0.4, 0.5) is 10.1 Å². The van der Waals surface area contributed by atoms with Gasteiger partial charge < -0.3 is 4.74 Å². The molecule has 5 nitrogen and oxygen atoms in total. The number of hydrogen-bond acceptors (Lipinski definition) is 4. The topological polar surface area (TPSA) is 69.4 Å². The lowest BCUT2D eigenvalue weighted by atomic mass is 10.0. The van der Waals surface area contributed by atoms with Crippen molar-refractivity contribution in [3.63, 3.8) is 0 Å². The number of nitrogens with zero attached hydrogens (tertiary/aromatic N) is 1. The smallest absolute Gasteiger partial charge is 0.270 e. The molecule has 0 radical (unpaired) electrons. The fraction of sp³-hybridized carbons (Fsp3) is 0.0714. The third-order valence-electron chi connectivity index (χ3n) is 2.76. The monoisotopic (exact) mass is 275 g/mol. The number of carbonyl (C=O) groups excluding carboxylic acids is 1. The minimum absolute atomic E-state index is 0.227. The summed E-state index contributed by atoms with van der Waals surface area (Å²) in [6.45, 7) is 0. The second kappa shape index (κ2) is 5.48. The summed E-state index contributed by atoms with van der Waals surface area (Å²) in [5.41, 5.74) is -0.433. The van der Waals surface area contributed by atoms with Crippen molar-refractivity contribution in [3.05, 3.63) is 69.5 Å². The highest BCUT2D eigenvalue weighted by molar-refractivity contribution is 6.09. The van der Waals surface area contributed by atoms with E-state index in [1.165, 1.54) is 19.2 Å². The normalized spacial score (nSPS) is 10.1. The van der Waals surface area contributed by atoms with Crippen molar-refractivity contribution in [3.8, 4) is 5.75 Å². The van der Waals surface area contributed by atoms with Crippen molar-refractivity contribution in [2.75, 3.05) is 7.11 Å². The number of ketones is 1. The summed E-state index contributed by atoms with van der Waals surface area (Å²) >= 11 is 0. The van der Waals surface area contributed by atoms with E-state index >= 15 is 0 Å². The Morgan fingerprint density at radius 2 is 1.85 bits per heavy atom. The lowest BCUT2D eigenvalue weighted by Crippen LogP contribution is -2.05. The number of halogens is 1. The van der Waals surface area contributed by atoms with Gasteiger partial charge in [-0.3, -0.25) is 14.9 Å². The Kier molecular flexibility index (Phi) is 3.74. The van der Waals surface area contributed by atoms with E-state index in [0.717, 1.165) is 18.2 Å². The molecule has 2 rings (SSSR count). The van der Waals surface area contributed by atoms with Gasteiger partial charge >= 0.3 is 0 Å². The highest BCUT2D eigenvalue weighted by atomic mass is 19.1. The Balaban J connectivity index is 2.41. The molecular weight excluding hydrogens is 265 g/mol. The Morgan fingerprint density at radius 3 is 2.40 bits per heavy atom. The molecule has 0 bridgehead atoms. The van der Waals surface area contributed by atoms with Crippen LogP contribution in [-0.4, -0.2) is 17.8 Å². The van der Waals surface area contributed by atoms with Gasteiger partial charge in [0, 0.05) is 17.7 Å². The first-order chi connectivity index (χ1) is 9.52. The molecule has 20 heavy (non-hydrogen) atoms. The van der Waals surface area contributed by atoms with Crippen LogP contribution < -0.4 is 4.74 Å². The quantitative estimate of drug-likeness (QED) is 0.488. The Labute approximate surface area is 113 Å². The lowest BCUT2D eigenvalue weighted by molar-refractivity contribution is -0.384. The molecule has 0 aliphatic carbocycles. The first-order valence-electron chi connectivity index (χ1n) is 5.65. The molecule has 0 atom stereocenters. The average molecular weight is 275 g/mol. The van der Waals surface area contributed by atoms with Crippen molar-refractivity contribution in [2.45, 2.75) is 0 Å². The predicted molar refractivity (Wildman–Crippen MR) is 69.5 cm³/mol. The van der Waals surface area contributed by atoms with Crippen molar-refractivity contribution in [2.24, 2.45) is 0 Å². The zero-order valence-corrected chi connectivity index (χ0v) is 10.5. The summed E-state index contributed by atoms with van der Waals surface area (Å²) < 4.78 is 18.6. The van der Waals surface area contributed by atoms with Crippen LogP contribution in [0.3, 0.4) is 0 Å². The van der Waals surface area contributed by atoms with Gasteiger partial charge in [0.05, 0.1) is 17.6 Å². The number of hydrogen-bond donors (Lipinski definition) is 0. The summed E-state index contributed by atoms with van der Waals surface area (Å²) in [5.74, 6) is -0.855. The maximum Gasteiger partial charge on any atom is 0.270 e. The maximum atomic E-state index is 13.6. The van der Waals surface area contributed by atoms with E-state index in [2.05, 4.69) is 0 Å². The van der Waals surface area contributed by atoms with Crippen LogP contribution in [0.2, 0.25) is 0 Å². The number of rotatable bonds is 4. The van der Waals surface area contributed by atoms with Crippen LogP contribution in [0.1, 0.15) is 15.9 Å². The molecule has 0 saturated carbocycles. The van der Waals surface area contributed by atoms with Gasteiger partial charge in [0.2, 0.25) is 0 Å². The van der Waals surface area contributed by atoms with E-state index in [9.17, 15) is 19.3 Å². The lowest BCUT2D eigenvalue weighted by Gasteiger charge is -2.04. The van der Waals surface area contributed by atoms with Gasteiger partial charge in [-0.2, -0.15) is 0 Å². The molecule has 0 aliphatic heterocycles. The van der Waals surface area contributed by atoms with E-state index in [0.29, 0.717) is 5.75 Å². The van der Waals surface area contributed by atoms with E-state index in [1.807, 2.05) is 0 Å². The molecular formula is C14H10FNO4.